The highest BCUT2D eigenvalue weighted by molar-refractivity contribution is 5.76. The molecule has 18 heavy (non-hydrogen) atoms. The van der Waals surface area contributed by atoms with Gasteiger partial charge in [0.1, 0.15) is 0 Å². The molecule has 0 saturated heterocycles. The van der Waals surface area contributed by atoms with E-state index < -0.39 is 0 Å². The van der Waals surface area contributed by atoms with Crippen molar-refractivity contribution in [3.63, 3.8) is 0 Å². The third kappa shape index (κ3) is 7.03. The fourth-order valence-corrected chi connectivity index (χ4v) is 2.34. The molecular weight excluding hydrogens is 224 g/mol. The smallest absolute Gasteiger partial charge is 0.311 e. The molecule has 0 heterocycles. The highest BCUT2D eigenvalue weighted by Gasteiger charge is 2.33. The van der Waals surface area contributed by atoms with E-state index in [2.05, 4.69) is 20.8 Å². The van der Waals surface area contributed by atoms with Crippen LogP contribution in [0.1, 0.15) is 85.5 Å². The van der Waals surface area contributed by atoms with Crippen LogP contribution in [0.25, 0.3) is 0 Å². The summed E-state index contributed by atoms with van der Waals surface area (Å²) in [5.41, 5.74) is -0.251. The maximum Gasteiger partial charge on any atom is 0.311 e. The number of rotatable bonds is 11. The van der Waals surface area contributed by atoms with Gasteiger partial charge in [0.25, 0.3) is 0 Å². The number of ether oxygens (including phenoxy) is 1. The Morgan fingerprint density at radius 2 is 1.39 bits per heavy atom. The number of hydrogen-bond acceptors (Lipinski definition) is 2. The predicted molar refractivity (Wildman–Crippen MR) is 77.6 cm³/mol. The third-order valence-corrected chi connectivity index (χ3v) is 3.68. The number of carbonyl (C=O) groups excluding carboxylic acids is 1. The maximum absolute atomic E-state index is 12.1. The van der Waals surface area contributed by atoms with Gasteiger partial charge < -0.3 is 4.74 Å². The van der Waals surface area contributed by atoms with E-state index in [4.69, 9.17) is 4.74 Å². The second-order valence-corrected chi connectivity index (χ2v) is 5.55. The highest BCUT2D eigenvalue weighted by Crippen LogP contribution is 2.32. The number of carbonyl (C=O) groups is 1. The van der Waals surface area contributed by atoms with E-state index in [0.29, 0.717) is 6.61 Å². The van der Waals surface area contributed by atoms with Crippen molar-refractivity contribution in [1.82, 2.24) is 0 Å². The first-order valence-electron chi connectivity index (χ1n) is 7.78. The Hall–Kier alpha value is -0.530. The summed E-state index contributed by atoms with van der Waals surface area (Å²) < 4.78 is 5.26. The van der Waals surface area contributed by atoms with Crippen LogP contribution in [0.15, 0.2) is 0 Å². The fraction of sp³-hybridized carbons (Fsp3) is 0.938. The minimum Gasteiger partial charge on any atom is -0.466 e. The topological polar surface area (TPSA) is 26.3 Å². The molecule has 0 aliphatic carbocycles. The van der Waals surface area contributed by atoms with Crippen LogP contribution in [0.5, 0.6) is 0 Å². The summed E-state index contributed by atoms with van der Waals surface area (Å²) >= 11 is 0. The lowest BCUT2D eigenvalue weighted by Gasteiger charge is -2.27. The molecule has 0 rings (SSSR count). The van der Waals surface area contributed by atoms with Gasteiger partial charge >= 0.3 is 5.97 Å². The van der Waals surface area contributed by atoms with Crippen LogP contribution in [-0.4, -0.2) is 12.6 Å². The van der Waals surface area contributed by atoms with Gasteiger partial charge in [-0.3, -0.25) is 4.79 Å². The molecule has 0 aromatic heterocycles. The molecule has 0 bridgehead atoms. The fourth-order valence-electron chi connectivity index (χ4n) is 2.34. The first-order valence-corrected chi connectivity index (χ1v) is 7.78. The number of hydrogen-bond donors (Lipinski definition) is 0. The molecule has 0 aromatic carbocycles. The largest absolute Gasteiger partial charge is 0.466 e. The highest BCUT2D eigenvalue weighted by atomic mass is 16.5. The normalized spacial score (nSPS) is 14.2. The van der Waals surface area contributed by atoms with Gasteiger partial charge in [-0.2, -0.15) is 0 Å². The lowest BCUT2D eigenvalue weighted by atomic mass is 9.80. The Kier molecular flexibility index (Phi) is 10.1. The lowest BCUT2D eigenvalue weighted by molar-refractivity contribution is -0.155. The summed E-state index contributed by atoms with van der Waals surface area (Å²) in [6.45, 7) is 8.89. The van der Waals surface area contributed by atoms with Crippen molar-refractivity contribution < 1.29 is 9.53 Å². The van der Waals surface area contributed by atoms with E-state index in [1.54, 1.807) is 0 Å². The van der Waals surface area contributed by atoms with Gasteiger partial charge in [0.2, 0.25) is 0 Å². The van der Waals surface area contributed by atoms with Gasteiger partial charge in [-0.15, -0.1) is 0 Å². The van der Waals surface area contributed by atoms with E-state index >= 15 is 0 Å². The average molecular weight is 256 g/mol. The van der Waals surface area contributed by atoms with Crippen LogP contribution in [0, 0.1) is 5.41 Å². The zero-order valence-electron chi connectivity index (χ0n) is 12.9. The summed E-state index contributed by atoms with van der Waals surface area (Å²) in [7, 11) is 0. The van der Waals surface area contributed by atoms with Crippen LogP contribution in [0.4, 0.5) is 0 Å². The van der Waals surface area contributed by atoms with Crippen LogP contribution in [0.2, 0.25) is 0 Å². The first kappa shape index (κ1) is 17.5. The first-order chi connectivity index (χ1) is 8.60. The second-order valence-electron chi connectivity index (χ2n) is 5.55. The molecule has 1 atom stereocenters. The molecule has 0 spiro atoms. The maximum atomic E-state index is 12.1. The Labute approximate surface area is 113 Å². The molecule has 1 unspecified atom stereocenters. The standard InChI is InChI=1S/C16H32O2/c1-5-8-10-12-14-16(4,13-11-9-6-2)15(17)18-7-3/h5-14H2,1-4H3. The van der Waals surface area contributed by atoms with Crippen LogP contribution < -0.4 is 0 Å². The molecule has 0 amide bonds. The van der Waals surface area contributed by atoms with E-state index in [0.717, 1.165) is 25.7 Å². The quantitative estimate of drug-likeness (QED) is 0.379. The molecule has 2 heteroatoms. The van der Waals surface area contributed by atoms with E-state index in [1.807, 2.05) is 6.92 Å². The lowest BCUT2D eigenvalue weighted by Crippen LogP contribution is -2.30. The summed E-state index contributed by atoms with van der Waals surface area (Å²) in [5, 5.41) is 0. The van der Waals surface area contributed by atoms with Crippen molar-refractivity contribution in [3.05, 3.63) is 0 Å². The van der Waals surface area contributed by atoms with Crippen molar-refractivity contribution in [2.45, 2.75) is 85.5 Å². The minimum absolute atomic E-state index is 0.0117. The number of esters is 1. The SMILES string of the molecule is CCCCCCC(C)(CCCCC)C(=O)OCC. The minimum atomic E-state index is -0.251. The van der Waals surface area contributed by atoms with Crippen molar-refractivity contribution >= 4 is 5.97 Å². The molecule has 0 N–H and O–H groups in total. The Balaban J connectivity index is 4.24. The summed E-state index contributed by atoms with van der Waals surface area (Å²) in [6.07, 6.45) is 10.4. The number of unbranched alkanes of at least 4 members (excludes halogenated alkanes) is 5. The summed E-state index contributed by atoms with van der Waals surface area (Å²) in [5.74, 6) is 0.0117. The third-order valence-electron chi connectivity index (χ3n) is 3.68. The molecule has 0 radical (unpaired) electrons. The van der Waals surface area contributed by atoms with Crippen LogP contribution in [-0.2, 0) is 9.53 Å². The van der Waals surface area contributed by atoms with Crippen molar-refractivity contribution in [2.75, 3.05) is 6.61 Å². The van der Waals surface area contributed by atoms with Gasteiger partial charge in [0, 0.05) is 0 Å². The monoisotopic (exact) mass is 256 g/mol. The Morgan fingerprint density at radius 3 is 1.89 bits per heavy atom. The summed E-state index contributed by atoms with van der Waals surface area (Å²) in [4.78, 5) is 12.1. The van der Waals surface area contributed by atoms with Crippen LogP contribution >= 0.6 is 0 Å². The molecule has 0 aromatic rings. The summed E-state index contributed by atoms with van der Waals surface area (Å²) in [6, 6.07) is 0. The van der Waals surface area contributed by atoms with Gasteiger partial charge in [-0.1, -0.05) is 58.8 Å². The Morgan fingerprint density at radius 1 is 0.889 bits per heavy atom. The molecule has 2 nitrogen and oxygen atoms in total. The molecular formula is C16H32O2. The van der Waals surface area contributed by atoms with Crippen molar-refractivity contribution in [3.8, 4) is 0 Å². The van der Waals surface area contributed by atoms with Crippen LogP contribution in [0.3, 0.4) is 0 Å². The van der Waals surface area contributed by atoms with Gasteiger partial charge in [0.15, 0.2) is 0 Å². The molecule has 0 aliphatic heterocycles. The van der Waals surface area contributed by atoms with Gasteiger partial charge in [-0.05, 0) is 26.7 Å². The van der Waals surface area contributed by atoms with Gasteiger partial charge in [-0.25, -0.2) is 0 Å². The zero-order chi connectivity index (χ0) is 13.9. The molecule has 0 fully saturated rings. The van der Waals surface area contributed by atoms with E-state index in [9.17, 15) is 4.79 Å². The second kappa shape index (κ2) is 10.4. The molecule has 0 saturated carbocycles. The van der Waals surface area contributed by atoms with E-state index in [-0.39, 0.29) is 11.4 Å². The van der Waals surface area contributed by atoms with Crippen molar-refractivity contribution in [1.29, 1.82) is 0 Å². The zero-order valence-corrected chi connectivity index (χ0v) is 12.9. The average Bonchev–Trinajstić information content (AvgIpc) is 2.35. The molecule has 108 valence electrons. The predicted octanol–water partition coefficient (Wildman–Crippen LogP) is 5.11. The Bertz CT molecular complexity index is 213. The van der Waals surface area contributed by atoms with E-state index in [1.165, 1.54) is 32.1 Å². The van der Waals surface area contributed by atoms with Gasteiger partial charge in [0.05, 0.1) is 12.0 Å². The van der Waals surface area contributed by atoms with Crippen molar-refractivity contribution in [2.24, 2.45) is 5.41 Å². The molecule has 0 aliphatic rings.